The molecule has 10 nitrogen and oxygen atoms in total. The molecule has 0 aliphatic carbocycles. The Balaban J connectivity index is 0.000000176. The van der Waals surface area contributed by atoms with Crippen LogP contribution in [-0.4, -0.2) is 91.8 Å². The number of hydrogen-bond acceptors (Lipinski definition) is 10. The number of ether oxygens (including phenoxy) is 5. The van der Waals surface area contributed by atoms with Crippen LogP contribution in [0.3, 0.4) is 0 Å². The van der Waals surface area contributed by atoms with Gasteiger partial charge in [-0.1, -0.05) is 12.1 Å². The van der Waals surface area contributed by atoms with Crippen LogP contribution >= 0.6 is 0 Å². The van der Waals surface area contributed by atoms with Gasteiger partial charge in [0.1, 0.15) is 32.2 Å². The average molecular weight is 519 g/mol. The molecule has 0 aromatic heterocycles. The van der Waals surface area contributed by atoms with Gasteiger partial charge in [0, 0.05) is 0 Å². The van der Waals surface area contributed by atoms with Gasteiger partial charge in [0.15, 0.2) is 23.0 Å². The maximum atomic E-state index is 10.6. The van der Waals surface area contributed by atoms with E-state index in [0.717, 1.165) is 11.3 Å². The van der Waals surface area contributed by atoms with Crippen molar-refractivity contribution in [3.8, 4) is 23.0 Å². The van der Waals surface area contributed by atoms with Crippen LogP contribution in [-0.2, 0) is 4.74 Å². The summed E-state index contributed by atoms with van der Waals surface area (Å²) in [5.74, 6) is 2.77. The third kappa shape index (κ3) is 6.11. The first kappa shape index (κ1) is 27.4. The Labute approximate surface area is 217 Å². The molecule has 1 fully saturated rings. The standard InChI is InChI=1S/C15H21NO4.C12H17NO4/c1-15(2)16(3)11(9-20-15)14(17)10-4-5-12-13(8-10)19-7-6-18-12;1-13-9(7-14)12(15)8-2-3-10-11(6-8)17-5-4-16-10/h4-5,8,11,14,17H,6-7,9H2,1-3H3;2-3,6,9,12-15H,4-5,7H2,1H3/t11-,14-;9-,12-/m11/s1. The molecule has 0 amide bonds. The predicted octanol–water partition coefficient (Wildman–Crippen LogP) is 1.63. The van der Waals surface area contributed by atoms with Crippen LogP contribution in [0.5, 0.6) is 23.0 Å². The van der Waals surface area contributed by atoms with E-state index >= 15 is 0 Å². The summed E-state index contributed by atoms with van der Waals surface area (Å²) >= 11 is 0. The van der Waals surface area contributed by atoms with Crippen molar-refractivity contribution in [1.29, 1.82) is 0 Å². The number of aliphatic hydroxyl groups excluding tert-OH is 3. The second-order valence-electron chi connectivity index (χ2n) is 9.71. The topological polar surface area (TPSA) is 122 Å². The van der Waals surface area contributed by atoms with Gasteiger partial charge in [-0.25, -0.2) is 0 Å². The van der Waals surface area contributed by atoms with E-state index in [9.17, 15) is 10.2 Å². The van der Waals surface area contributed by atoms with Gasteiger partial charge >= 0.3 is 0 Å². The molecule has 0 spiro atoms. The highest BCUT2D eigenvalue weighted by molar-refractivity contribution is 5.45. The Hall–Kier alpha value is -2.60. The minimum atomic E-state index is -0.777. The lowest BCUT2D eigenvalue weighted by molar-refractivity contribution is -0.0462. The van der Waals surface area contributed by atoms with Crippen LogP contribution in [0.2, 0.25) is 0 Å². The van der Waals surface area contributed by atoms with E-state index in [1.54, 1.807) is 25.2 Å². The largest absolute Gasteiger partial charge is 0.486 e. The summed E-state index contributed by atoms with van der Waals surface area (Å²) in [5, 5.41) is 32.6. The molecule has 2 aromatic rings. The van der Waals surface area contributed by atoms with Gasteiger partial charge in [0.25, 0.3) is 0 Å². The highest BCUT2D eigenvalue weighted by atomic mass is 16.6. The van der Waals surface area contributed by atoms with Crippen molar-refractivity contribution in [3.63, 3.8) is 0 Å². The van der Waals surface area contributed by atoms with Crippen LogP contribution in [0.4, 0.5) is 0 Å². The van der Waals surface area contributed by atoms with E-state index in [2.05, 4.69) is 10.2 Å². The molecule has 1 saturated heterocycles. The molecular formula is C27H38N2O8. The summed E-state index contributed by atoms with van der Waals surface area (Å²) < 4.78 is 27.6. The van der Waals surface area contributed by atoms with Crippen LogP contribution in [0.15, 0.2) is 36.4 Å². The number of rotatable bonds is 6. The number of aliphatic hydroxyl groups is 3. The molecule has 3 aliphatic heterocycles. The molecule has 0 saturated carbocycles. The lowest BCUT2D eigenvalue weighted by Crippen LogP contribution is -2.43. The van der Waals surface area contributed by atoms with Crippen LogP contribution in [0.25, 0.3) is 0 Å². The first-order chi connectivity index (χ1) is 17.7. The van der Waals surface area contributed by atoms with E-state index in [1.165, 1.54) is 0 Å². The first-order valence-electron chi connectivity index (χ1n) is 12.6. The fraction of sp³-hybridized carbons (Fsp3) is 0.556. The Morgan fingerprint density at radius 1 is 0.892 bits per heavy atom. The number of benzene rings is 2. The van der Waals surface area contributed by atoms with Crippen LogP contribution in [0, 0.1) is 0 Å². The average Bonchev–Trinajstić information content (AvgIpc) is 3.20. The lowest BCUT2D eigenvalue weighted by atomic mass is 10.0. The van der Waals surface area contributed by atoms with E-state index in [4.69, 9.17) is 28.8 Å². The zero-order chi connectivity index (χ0) is 26.6. The maximum Gasteiger partial charge on any atom is 0.161 e. The molecule has 5 rings (SSSR count). The fourth-order valence-corrected chi connectivity index (χ4v) is 4.50. The number of likely N-dealkylation sites (N-methyl/N-ethyl adjacent to an activating group) is 2. The Morgan fingerprint density at radius 3 is 1.89 bits per heavy atom. The van der Waals surface area contributed by atoms with Gasteiger partial charge in [-0.3, -0.25) is 4.90 Å². The first-order valence-corrected chi connectivity index (χ1v) is 12.6. The second kappa shape index (κ2) is 11.8. The van der Waals surface area contributed by atoms with Crippen molar-refractivity contribution in [2.75, 3.05) is 53.7 Å². The minimum Gasteiger partial charge on any atom is -0.486 e. The molecule has 3 heterocycles. The molecule has 3 aliphatic rings. The van der Waals surface area contributed by atoms with Gasteiger partial charge < -0.3 is 44.3 Å². The zero-order valence-electron chi connectivity index (χ0n) is 21.8. The summed E-state index contributed by atoms with van der Waals surface area (Å²) in [4.78, 5) is 2.06. The van der Waals surface area contributed by atoms with Crippen LogP contribution < -0.4 is 24.3 Å². The molecule has 204 valence electrons. The molecule has 10 heteroatoms. The third-order valence-corrected chi connectivity index (χ3v) is 7.08. The second-order valence-corrected chi connectivity index (χ2v) is 9.71. The Bertz CT molecular complexity index is 1050. The highest BCUT2D eigenvalue weighted by Gasteiger charge is 2.41. The van der Waals surface area contributed by atoms with Gasteiger partial charge in [-0.05, 0) is 63.3 Å². The molecule has 4 N–H and O–H groups in total. The number of fused-ring (bicyclic) bond motifs is 2. The fourth-order valence-electron chi connectivity index (χ4n) is 4.50. The molecule has 0 bridgehead atoms. The number of nitrogens with one attached hydrogen (secondary N) is 1. The molecule has 0 unspecified atom stereocenters. The van der Waals surface area contributed by atoms with Crippen molar-refractivity contribution >= 4 is 0 Å². The normalized spacial score (nSPS) is 22.4. The Morgan fingerprint density at radius 2 is 1.41 bits per heavy atom. The van der Waals surface area contributed by atoms with Crippen LogP contribution in [0.1, 0.15) is 37.2 Å². The summed E-state index contributed by atoms with van der Waals surface area (Å²) in [6.07, 6.45) is -1.39. The van der Waals surface area contributed by atoms with Crippen molar-refractivity contribution in [2.45, 2.75) is 43.9 Å². The number of hydrogen-bond donors (Lipinski definition) is 4. The minimum absolute atomic E-state index is 0.0624. The lowest BCUT2D eigenvalue weighted by Gasteiger charge is -2.32. The Kier molecular flexibility index (Phi) is 8.79. The molecule has 0 radical (unpaired) electrons. The smallest absolute Gasteiger partial charge is 0.161 e. The monoisotopic (exact) mass is 518 g/mol. The van der Waals surface area contributed by atoms with Gasteiger partial charge in [-0.2, -0.15) is 0 Å². The molecular weight excluding hydrogens is 480 g/mol. The van der Waals surface area contributed by atoms with E-state index in [-0.39, 0.29) is 18.4 Å². The SMILES string of the molecule is CN1[C@@H]([C@H](O)c2ccc3c(c2)OCCO3)COC1(C)C.CN[C@H](CO)[C@H](O)c1ccc2c(c1)OCCO2. The predicted molar refractivity (Wildman–Crippen MR) is 136 cm³/mol. The van der Waals surface area contributed by atoms with Crippen molar-refractivity contribution < 1.29 is 39.0 Å². The molecule has 37 heavy (non-hydrogen) atoms. The van der Waals surface area contributed by atoms with E-state index in [0.29, 0.717) is 55.8 Å². The summed E-state index contributed by atoms with van der Waals surface area (Å²) in [6.45, 7) is 6.57. The van der Waals surface area contributed by atoms with E-state index in [1.807, 2.05) is 39.1 Å². The van der Waals surface area contributed by atoms with Gasteiger partial charge in [0.2, 0.25) is 0 Å². The van der Waals surface area contributed by atoms with Crippen molar-refractivity contribution in [1.82, 2.24) is 10.2 Å². The van der Waals surface area contributed by atoms with E-state index < -0.39 is 18.2 Å². The van der Waals surface area contributed by atoms with Gasteiger partial charge in [0.05, 0.1) is 37.5 Å². The molecule has 4 atom stereocenters. The number of nitrogens with zero attached hydrogens (tertiary/aromatic N) is 1. The summed E-state index contributed by atoms with van der Waals surface area (Å²) in [5.41, 5.74) is 1.18. The quantitative estimate of drug-likeness (QED) is 0.449. The summed E-state index contributed by atoms with van der Waals surface area (Å²) in [6, 6.07) is 10.4. The maximum absolute atomic E-state index is 10.6. The third-order valence-electron chi connectivity index (χ3n) is 7.08. The molecule has 2 aromatic carbocycles. The van der Waals surface area contributed by atoms with Crippen molar-refractivity contribution in [3.05, 3.63) is 47.5 Å². The zero-order valence-corrected chi connectivity index (χ0v) is 21.8. The summed E-state index contributed by atoms with van der Waals surface area (Å²) in [7, 11) is 3.67. The highest BCUT2D eigenvalue weighted by Crippen LogP contribution is 2.37. The van der Waals surface area contributed by atoms with Gasteiger partial charge in [-0.15, -0.1) is 0 Å². The van der Waals surface area contributed by atoms with Crippen molar-refractivity contribution in [2.24, 2.45) is 0 Å².